The number of nitrogens with two attached hydrogens (primary N) is 1. The summed E-state index contributed by atoms with van der Waals surface area (Å²) >= 11 is 5.13. The van der Waals surface area contributed by atoms with Gasteiger partial charge in [-0.15, -0.1) is 0 Å². The van der Waals surface area contributed by atoms with Crippen molar-refractivity contribution >= 4 is 17.2 Å². The van der Waals surface area contributed by atoms with Crippen LogP contribution < -0.4 is 5.73 Å². The number of hydrogen-bond acceptors (Lipinski definition) is 2. The normalized spacial score (nSPS) is 13.0. The second kappa shape index (κ2) is 6.72. The van der Waals surface area contributed by atoms with Crippen LogP contribution in [0.4, 0.5) is 0 Å². The molecule has 2 nitrogen and oxygen atoms in total. The van der Waals surface area contributed by atoms with Crippen LogP contribution in [0.25, 0.3) is 0 Å². The average molecular weight is 250 g/mol. The molecule has 0 heterocycles. The summed E-state index contributed by atoms with van der Waals surface area (Å²) in [6.45, 7) is 6.19. The summed E-state index contributed by atoms with van der Waals surface area (Å²) in [6.07, 6.45) is 0. The van der Waals surface area contributed by atoms with Gasteiger partial charge in [0, 0.05) is 19.0 Å². The Bertz CT molecular complexity index is 348. The van der Waals surface area contributed by atoms with Gasteiger partial charge in [0.2, 0.25) is 0 Å². The smallest absolute Gasteiger partial charge is 0.0774 e. The van der Waals surface area contributed by atoms with Gasteiger partial charge in [-0.1, -0.05) is 56.4 Å². The largest absolute Gasteiger partial charge is 0.393 e. The first-order valence-electron chi connectivity index (χ1n) is 6.02. The summed E-state index contributed by atoms with van der Waals surface area (Å²) in [4.78, 5) is 2.90. The van der Waals surface area contributed by atoms with Crippen LogP contribution in [0.1, 0.15) is 19.4 Å². The summed E-state index contributed by atoms with van der Waals surface area (Å²) in [5.74, 6) is 0.782. The molecule has 0 amide bonds. The van der Waals surface area contributed by atoms with Crippen molar-refractivity contribution in [2.24, 2.45) is 17.6 Å². The molecule has 2 N–H and O–H groups in total. The van der Waals surface area contributed by atoms with E-state index >= 15 is 0 Å². The molecule has 3 heteroatoms. The zero-order valence-corrected chi connectivity index (χ0v) is 11.7. The predicted octanol–water partition coefficient (Wildman–Crippen LogP) is 2.68. The Kier molecular flexibility index (Phi) is 5.59. The van der Waals surface area contributed by atoms with Crippen molar-refractivity contribution < 1.29 is 0 Å². The van der Waals surface area contributed by atoms with Crippen LogP contribution in [-0.2, 0) is 6.54 Å². The lowest BCUT2D eigenvalue weighted by molar-refractivity contribution is 0.272. The molecule has 0 saturated carbocycles. The summed E-state index contributed by atoms with van der Waals surface area (Å²) < 4.78 is 0. The lowest BCUT2D eigenvalue weighted by Crippen LogP contribution is -2.36. The maximum absolute atomic E-state index is 5.78. The minimum Gasteiger partial charge on any atom is -0.393 e. The van der Waals surface area contributed by atoms with E-state index in [1.807, 2.05) is 6.07 Å². The monoisotopic (exact) mass is 250 g/mol. The van der Waals surface area contributed by atoms with E-state index in [9.17, 15) is 0 Å². The fourth-order valence-electron chi connectivity index (χ4n) is 1.92. The molecule has 1 atom stereocenters. The van der Waals surface area contributed by atoms with Gasteiger partial charge in [-0.2, -0.15) is 0 Å². The van der Waals surface area contributed by atoms with Gasteiger partial charge in [0.25, 0.3) is 0 Å². The summed E-state index contributed by atoms with van der Waals surface area (Å²) in [7, 11) is 2.11. The predicted molar refractivity (Wildman–Crippen MR) is 77.9 cm³/mol. The molecule has 0 aliphatic carbocycles. The lowest BCUT2D eigenvalue weighted by atomic mass is 9.95. The molecule has 0 fully saturated rings. The first-order chi connectivity index (χ1) is 8.00. The third kappa shape index (κ3) is 4.84. The van der Waals surface area contributed by atoms with E-state index in [0.29, 0.717) is 16.8 Å². The Morgan fingerprint density at radius 3 is 2.35 bits per heavy atom. The molecule has 0 spiro atoms. The Hall–Kier alpha value is -0.930. The molecule has 1 aromatic rings. The van der Waals surface area contributed by atoms with Gasteiger partial charge < -0.3 is 10.6 Å². The van der Waals surface area contributed by atoms with E-state index in [1.54, 1.807) is 0 Å². The van der Waals surface area contributed by atoms with Crippen molar-refractivity contribution in [3.63, 3.8) is 0 Å². The zero-order chi connectivity index (χ0) is 12.8. The standard InChI is InChI=1S/C14H22N2S/c1-11(2)13(14(15)17)10-16(3)9-12-7-5-4-6-8-12/h4-8,11,13H,9-10H2,1-3H3,(H2,15,17). The van der Waals surface area contributed by atoms with Crippen LogP contribution in [0.15, 0.2) is 30.3 Å². The molecule has 1 rings (SSSR count). The Morgan fingerprint density at radius 1 is 1.29 bits per heavy atom. The lowest BCUT2D eigenvalue weighted by Gasteiger charge is -2.26. The Balaban J connectivity index is 2.54. The average Bonchev–Trinajstić information content (AvgIpc) is 2.26. The molecule has 0 saturated heterocycles. The quantitative estimate of drug-likeness (QED) is 0.787. The second-order valence-corrected chi connectivity index (χ2v) is 5.41. The van der Waals surface area contributed by atoms with E-state index in [-0.39, 0.29) is 0 Å². The van der Waals surface area contributed by atoms with Crippen LogP contribution in [0, 0.1) is 11.8 Å². The van der Waals surface area contributed by atoms with Crippen molar-refractivity contribution in [3.05, 3.63) is 35.9 Å². The van der Waals surface area contributed by atoms with Crippen molar-refractivity contribution in [2.75, 3.05) is 13.6 Å². The number of rotatable bonds is 6. The minimum absolute atomic E-state index is 0.290. The minimum atomic E-state index is 0.290. The molecule has 0 bridgehead atoms. The van der Waals surface area contributed by atoms with E-state index in [2.05, 4.69) is 50.1 Å². The van der Waals surface area contributed by atoms with Gasteiger partial charge in [-0.3, -0.25) is 0 Å². The highest BCUT2D eigenvalue weighted by Gasteiger charge is 2.18. The summed E-state index contributed by atoms with van der Waals surface area (Å²) in [5, 5.41) is 0. The fourth-order valence-corrected chi connectivity index (χ4v) is 2.27. The van der Waals surface area contributed by atoms with Crippen molar-refractivity contribution in [1.29, 1.82) is 0 Å². The highest BCUT2D eigenvalue weighted by Crippen LogP contribution is 2.14. The van der Waals surface area contributed by atoms with Crippen LogP contribution >= 0.6 is 12.2 Å². The molecule has 0 aliphatic rings. The molecule has 17 heavy (non-hydrogen) atoms. The van der Waals surface area contributed by atoms with Gasteiger partial charge in [0.15, 0.2) is 0 Å². The highest BCUT2D eigenvalue weighted by atomic mass is 32.1. The third-order valence-corrected chi connectivity index (χ3v) is 3.28. The number of nitrogens with zero attached hydrogens (tertiary/aromatic N) is 1. The van der Waals surface area contributed by atoms with E-state index < -0.39 is 0 Å². The highest BCUT2D eigenvalue weighted by molar-refractivity contribution is 7.80. The van der Waals surface area contributed by atoms with E-state index in [0.717, 1.165) is 13.1 Å². The first kappa shape index (κ1) is 14.1. The van der Waals surface area contributed by atoms with Crippen LogP contribution in [-0.4, -0.2) is 23.5 Å². The Morgan fingerprint density at radius 2 is 1.88 bits per heavy atom. The van der Waals surface area contributed by atoms with Gasteiger partial charge in [0.05, 0.1) is 4.99 Å². The fraction of sp³-hybridized carbons (Fsp3) is 0.500. The van der Waals surface area contributed by atoms with Crippen molar-refractivity contribution in [2.45, 2.75) is 20.4 Å². The molecule has 1 unspecified atom stereocenters. The third-order valence-electron chi connectivity index (χ3n) is 2.97. The van der Waals surface area contributed by atoms with Gasteiger partial charge in [0.1, 0.15) is 0 Å². The molecule has 0 aromatic heterocycles. The molecule has 0 aliphatic heterocycles. The number of hydrogen-bond donors (Lipinski definition) is 1. The van der Waals surface area contributed by atoms with Gasteiger partial charge in [-0.05, 0) is 18.5 Å². The van der Waals surface area contributed by atoms with Gasteiger partial charge in [-0.25, -0.2) is 0 Å². The van der Waals surface area contributed by atoms with Gasteiger partial charge >= 0.3 is 0 Å². The summed E-state index contributed by atoms with van der Waals surface area (Å²) in [5.41, 5.74) is 7.10. The number of thiocarbonyl (C=S) groups is 1. The molecular weight excluding hydrogens is 228 g/mol. The SMILES string of the molecule is CC(C)C(CN(C)Cc1ccccc1)C(N)=S. The topological polar surface area (TPSA) is 29.3 Å². The van der Waals surface area contributed by atoms with Crippen molar-refractivity contribution in [3.8, 4) is 0 Å². The maximum atomic E-state index is 5.78. The summed E-state index contributed by atoms with van der Waals surface area (Å²) in [6, 6.07) is 10.5. The van der Waals surface area contributed by atoms with Crippen molar-refractivity contribution in [1.82, 2.24) is 4.90 Å². The number of benzene rings is 1. The first-order valence-corrected chi connectivity index (χ1v) is 6.43. The second-order valence-electron chi connectivity index (χ2n) is 4.94. The molecular formula is C14H22N2S. The Labute approximate surface area is 110 Å². The molecule has 0 radical (unpaired) electrons. The van der Waals surface area contributed by atoms with E-state index in [4.69, 9.17) is 18.0 Å². The van der Waals surface area contributed by atoms with E-state index in [1.165, 1.54) is 5.56 Å². The zero-order valence-electron chi connectivity index (χ0n) is 10.9. The van der Waals surface area contributed by atoms with Crippen LogP contribution in [0.5, 0.6) is 0 Å². The van der Waals surface area contributed by atoms with Crippen LogP contribution in [0.2, 0.25) is 0 Å². The molecule has 94 valence electrons. The van der Waals surface area contributed by atoms with Crippen LogP contribution in [0.3, 0.4) is 0 Å². The maximum Gasteiger partial charge on any atom is 0.0774 e. The molecule has 1 aromatic carbocycles.